The van der Waals surface area contributed by atoms with Gasteiger partial charge in [0.25, 0.3) is 0 Å². The first-order valence-electron chi connectivity index (χ1n) is 7.08. The van der Waals surface area contributed by atoms with Crippen LogP contribution < -0.4 is 10.0 Å². The topological polar surface area (TPSA) is 75.3 Å². The van der Waals surface area contributed by atoms with E-state index in [-0.39, 0.29) is 6.54 Å². The van der Waals surface area contributed by atoms with Gasteiger partial charge in [-0.25, -0.2) is 17.2 Å². The average Bonchev–Trinajstić information content (AvgIpc) is 2.53. The van der Waals surface area contributed by atoms with Gasteiger partial charge in [0.2, 0.25) is 15.9 Å². The maximum Gasteiger partial charge on any atom is 0.244 e. The van der Waals surface area contributed by atoms with Crippen molar-refractivity contribution in [1.29, 1.82) is 0 Å². The van der Waals surface area contributed by atoms with Gasteiger partial charge < -0.3 is 5.32 Å². The standard InChI is InChI=1S/C16H16F2N2O3S/c1-11(16(21)19-10-12-6-8-13(17)9-7-12)20-24(22,23)15-5-3-2-4-14(15)18/h2-9,11,20H,10H2,1H3,(H,19,21)/t11-/m0/s1. The van der Waals surface area contributed by atoms with E-state index in [1.165, 1.54) is 43.3 Å². The molecule has 0 heterocycles. The van der Waals surface area contributed by atoms with Crippen molar-refractivity contribution in [2.45, 2.75) is 24.4 Å². The second-order valence-corrected chi connectivity index (χ2v) is 6.80. The van der Waals surface area contributed by atoms with Gasteiger partial charge in [0, 0.05) is 6.54 Å². The average molecular weight is 354 g/mol. The number of hydrogen-bond acceptors (Lipinski definition) is 3. The van der Waals surface area contributed by atoms with Crippen LogP contribution in [0.2, 0.25) is 0 Å². The summed E-state index contributed by atoms with van der Waals surface area (Å²) in [6.07, 6.45) is 0. The molecule has 5 nitrogen and oxygen atoms in total. The number of carbonyl (C=O) groups excluding carboxylic acids is 1. The van der Waals surface area contributed by atoms with Gasteiger partial charge in [-0.3, -0.25) is 4.79 Å². The molecule has 128 valence electrons. The van der Waals surface area contributed by atoms with Gasteiger partial charge in [0.15, 0.2) is 0 Å². The lowest BCUT2D eigenvalue weighted by Crippen LogP contribution is -2.44. The molecule has 1 amide bonds. The van der Waals surface area contributed by atoms with Crippen LogP contribution >= 0.6 is 0 Å². The Labute approximate surface area is 138 Å². The van der Waals surface area contributed by atoms with E-state index >= 15 is 0 Å². The highest BCUT2D eigenvalue weighted by Gasteiger charge is 2.24. The van der Waals surface area contributed by atoms with Crippen molar-refractivity contribution in [3.8, 4) is 0 Å². The third-order valence-electron chi connectivity index (χ3n) is 3.23. The first-order valence-corrected chi connectivity index (χ1v) is 8.57. The van der Waals surface area contributed by atoms with Crippen LogP contribution in [0.4, 0.5) is 8.78 Å². The van der Waals surface area contributed by atoms with Gasteiger partial charge in [0.05, 0.1) is 6.04 Å². The molecule has 2 rings (SSSR count). The predicted octanol–water partition coefficient (Wildman–Crippen LogP) is 1.95. The van der Waals surface area contributed by atoms with Crippen molar-refractivity contribution in [3.63, 3.8) is 0 Å². The number of carbonyl (C=O) groups is 1. The molecule has 2 aromatic carbocycles. The second-order valence-electron chi connectivity index (χ2n) is 5.12. The van der Waals surface area contributed by atoms with Gasteiger partial charge in [-0.1, -0.05) is 24.3 Å². The maximum atomic E-state index is 13.6. The van der Waals surface area contributed by atoms with E-state index in [1.807, 2.05) is 0 Å². The highest BCUT2D eigenvalue weighted by Crippen LogP contribution is 2.13. The summed E-state index contributed by atoms with van der Waals surface area (Å²) in [6, 6.07) is 9.30. The predicted molar refractivity (Wildman–Crippen MR) is 84.4 cm³/mol. The molecule has 0 bridgehead atoms. The van der Waals surface area contributed by atoms with E-state index in [1.54, 1.807) is 0 Å². The van der Waals surface area contributed by atoms with Crippen LogP contribution in [0.25, 0.3) is 0 Å². The fourth-order valence-electron chi connectivity index (χ4n) is 1.96. The van der Waals surface area contributed by atoms with Crippen molar-refractivity contribution in [1.82, 2.24) is 10.0 Å². The zero-order valence-corrected chi connectivity index (χ0v) is 13.6. The lowest BCUT2D eigenvalue weighted by molar-refractivity contribution is -0.122. The molecule has 24 heavy (non-hydrogen) atoms. The summed E-state index contributed by atoms with van der Waals surface area (Å²) in [5, 5.41) is 2.52. The first kappa shape index (κ1) is 18.0. The van der Waals surface area contributed by atoms with Gasteiger partial charge in [0.1, 0.15) is 16.5 Å². The van der Waals surface area contributed by atoms with E-state index < -0.39 is 38.5 Å². The Morgan fingerprint density at radius 2 is 1.71 bits per heavy atom. The van der Waals surface area contributed by atoms with Gasteiger partial charge >= 0.3 is 0 Å². The van der Waals surface area contributed by atoms with Crippen LogP contribution in [0.15, 0.2) is 53.4 Å². The number of hydrogen-bond donors (Lipinski definition) is 2. The van der Waals surface area contributed by atoms with E-state index in [0.29, 0.717) is 5.56 Å². The molecule has 0 radical (unpaired) electrons. The van der Waals surface area contributed by atoms with Crippen LogP contribution in [-0.2, 0) is 21.4 Å². The zero-order chi connectivity index (χ0) is 17.7. The minimum atomic E-state index is -4.16. The number of amides is 1. The molecule has 2 aromatic rings. The molecule has 0 unspecified atom stereocenters. The van der Waals surface area contributed by atoms with Crippen LogP contribution in [0.5, 0.6) is 0 Å². The smallest absolute Gasteiger partial charge is 0.244 e. The Morgan fingerprint density at radius 3 is 2.33 bits per heavy atom. The molecule has 2 N–H and O–H groups in total. The van der Waals surface area contributed by atoms with E-state index in [2.05, 4.69) is 10.0 Å². The molecule has 0 aliphatic carbocycles. The van der Waals surface area contributed by atoms with Crippen molar-refractivity contribution >= 4 is 15.9 Å². The Kier molecular flexibility index (Phi) is 5.63. The quantitative estimate of drug-likeness (QED) is 0.833. The molecule has 0 aliphatic rings. The lowest BCUT2D eigenvalue weighted by atomic mass is 10.2. The third-order valence-corrected chi connectivity index (χ3v) is 4.81. The van der Waals surface area contributed by atoms with Gasteiger partial charge in [-0.05, 0) is 36.8 Å². The fourth-order valence-corrected chi connectivity index (χ4v) is 3.24. The van der Waals surface area contributed by atoms with Gasteiger partial charge in [-0.15, -0.1) is 0 Å². The largest absolute Gasteiger partial charge is 0.351 e. The van der Waals surface area contributed by atoms with Crippen LogP contribution in [0.3, 0.4) is 0 Å². The Morgan fingerprint density at radius 1 is 1.08 bits per heavy atom. The number of sulfonamides is 1. The highest BCUT2D eigenvalue weighted by molar-refractivity contribution is 7.89. The van der Waals surface area contributed by atoms with E-state index in [9.17, 15) is 22.0 Å². The summed E-state index contributed by atoms with van der Waals surface area (Å²) in [5.74, 6) is -1.88. The fraction of sp³-hybridized carbons (Fsp3) is 0.188. The lowest BCUT2D eigenvalue weighted by Gasteiger charge is -2.15. The molecule has 8 heteroatoms. The minimum Gasteiger partial charge on any atom is -0.351 e. The summed E-state index contributed by atoms with van der Waals surface area (Å²) in [5.41, 5.74) is 0.661. The Balaban J connectivity index is 1.98. The molecular weight excluding hydrogens is 338 g/mol. The molecule has 0 saturated heterocycles. The summed E-state index contributed by atoms with van der Waals surface area (Å²) in [6.45, 7) is 1.46. The molecule has 0 aromatic heterocycles. The summed E-state index contributed by atoms with van der Waals surface area (Å²) in [7, 11) is -4.16. The molecule has 0 aliphatic heterocycles. The number of rotatable bonds is 6. The third kappa shape index (κ3) is 4.59. The van der Waals surface area contributed by atoms with Crippen LogP contribution in [-0.4, -0.2) is 20.4 Å². The van der Waals surface area contributed by atoms with Gasteiger partial charge in [-0.2, -0.15) is 4.72 Å². The summed E-state index contributed by atoms with van der Waals surface area (Å²) < 4.78 is 52.7. The summed E-state index contributed by atoms with van der Waals surface area (Å²) in [4.78, 5) is 11.4. The SMILES string of the molecule is C[C@H](NS(=O)(=O)c1ccccc1F)C(=O)NCc1ccc(F)cc1. The first-order chi connectivity index (χ1) is 11.3. The maximum absolute atomic E-state index is 13.6. The second kappa shape index (κ2) is 7.50. The monoisotopic (exact) mass is 354 g/mol. The normalized spacial score (nSPS) is 12.6. The number of halogens is 2. The van der Waals surface area contributed by atoms with Crippen LogP contribution in [0, 0.1) is 11.6 Å². The van der Waals surface area contributed by atoms with Crippen molar-refractivity contribution < 1.29 is 22.0 Å². The van der Waals surface area contributed by atoms with Crippen molar-refractivity contribution in [2.75, 3.05) is 0 Å². The Bertz CT molecular complexity index is 823. The minimum absolute atomic E-state index is 0.116. The molecule has 0 fully saturated rings. The van der Waals surface area contributed by atoms with Crippen molar-refractivity contribution in [3.05, 3.63) is 65.7 Å². The highest BCUT2D eigenvalue weighted by atomic mass is 32.2. The molecule has 0 saturated carbocycles. The van der Waals surface area contributed by atoms with E-state index in [4.69, 9.17) is 0 Å². The van der Waals surface area contributed by atoms with Crippen molar-refractivity contribution in [2.24, 2.45) is 0 Å². The molecule has 1 atom stereocenters. The molecule has 0 spiro atoms. The summed E-state index contributed by atoms with van der Waals surface area (Å²) >= 11 is 0. The van der Waals surface area contributed by atoms with Crippen LogP contribution in [0.1, 0.15) is 12.5 Å². The molecular formula is C16H16F2N2O3S. The van der Waals surface area contributed by atoms with E-state index in [0.717, 1.165) is 12.1 Å². The zero-order valence-electron chi connectivity index (χ0n) is 12.8. The number of benzene rings is 2. The Hall–Kier alpha value is -2.32. The number of nitrogens with one attached hydrogen (secondary N) is 2.